The second kappa shape index (κ2) is 6.51. The van der Waals surface area contributed by atoms with Crippen molar-refractivity contribution in [1.82, 2.24) is 0 Å². The van der Waals surface area contributed by atoms with Gasteiger partial charge >= 0.3 is 5.97 Å². The summed E-state index contributed by atoms with van der Waals surface area (Å²) in [6, 6.07) is 8.54. The highest BCUT2D eigenvalue weighted by Gasteiger charge is 2.13. The number of carbonyl (C=O) groups is 2. The third-order valence-corrected chi connectivity index (χ3v) is 3.54. The van der Waals surface area contributed by atoms with Gasteiger partial charge in [0.15, 0.2) is 0 Å². The molecule has 1 heterocycles. The average Bonchev–Trinajstić information content (AvgIpc) is 2.90. The summed E-state index contributed by atoms with van der Waals surface area (Å²) in [6.07, 6.45) is 0. The number of benzene rings is 1. The average molecular weight is 349 g/mol. The third-order valence-electron chi connectivity index (χ3n) is 2.26. The quantitative estimate of drug-likeness (QED) is 0.360. The van der Waals surface area contributed by atoms with E-state index in [1.807, 2.05) is 17.5 Å². The molecule has 100 valence electrons. The highest BCUT2D eigenvalue weighted by Crippen LogP contribution is 2.24. The van der Waals surface area contributed by atoms with Gasteiger partial charge in [-0.15, -0.1) is 11.3 Å². The lowest BCUT2D eigenvalue weighted by atomic mass is 10.1. The minimum absolute atomic E-state index is 0.214. The molecule has 0 amide bonds. The molecule has 0 radical (unpaired) electrons. The molecule has 2 rings (SSSR count). The second-order valence-electron chi connectivity index (χ2n) is 3.79. The van der Waals surface area contributed by atoms with Crippen LogP contribution in [0, 0.1) is 11.8 Å². The monoisotopic (exact) mass is 348 g/mol. The van der Waals surface area contributed by atoms with Crippen LogP contribution in [0.2, 0.25) is 0 Å². The number of rotatable bonds is 2. The van der Waals surface area contributed by atoms with Crippen molar-refractivity contribution in [3.8, 4) is 17.6 Å². The Kier molecular flexibility index (Phi) is 4.72. The van der Waals surface area contributed by atoms with E-state index < -0.39 is 11.8 Å². The zero-order chi connectivity index (χ0) is 14.5. The fraction of sp³-hybridized carbons (Fsp3) is 0.0667. The topological polar surface area (TPSA) is 43.4 Å². The van der Waals surface area contributed by atoms with Crippen molar-refractivity contribution in [1.29, 1.82) is 0 Å². The zero-order valence-corrected chi connectivity index (χ0v) is 12.9. The second-order valence-corrected chi connectivity index (χ2v) is 5.65. The van der Waals surface area contributed by atoms with Gasteiger partial charge in [-0.3, -0.25) is 9.59 Å². The summed E-state index contributed by atoms with van der Waals surface area (Å²) in [5.41, 5.74) is 0.263. The molecule has 1 aromatic carbocycles. The van der Waals surface area contributed by atoms with Crippen LogP contribution in [0.15, 0.2) is 40.2 Å². The Morgan fingerprint density at radius 2 is 2.10 bits per heavy atom. The number of carbonyl (C=O) groups excluding carboxylic acids is 2. The van der Waals surface area contributed by atoms with Crippen LogP contribution in [0.5, 0.6) is 5.75 Å². The molecule has 0 spiro atoms. The SMILES string of the molecule is CC(=O)Oc1ccc(Br)cc1C(=O)C#Cc1cccs1. The van der Waals surface area contributed by atoms with Crippen molar-refractivity contribution >= 4 is 39.0 Å². The first kappa shape index (κ1) is 14.5. The normalized spacial score (nSPS) is 9.50. The van der Waals surface area contributed by atoms with E-state index in [4.69, 9.17) is 4.74 Å². The van der Waals surface area contributed by atoms with Gasteiger partial charge in [0.1, 0.15) is 5.75 Å². The van der Waals surface area contributed by atoms with Gasteiger partial charge in [-0.25, -0.2) is 0 Å². The Morgan fingerprint density at radius 1 is 1.30 bits per heavy atom. The number of hydrogen-bond acceptors (Lipinski definition) is 4. The highest BCUT2D eigenvalue weighted by molar-refractivity contribution is 9.10. The van der Waals surface area contributed by atoms with Crippen molar-refractivity contribution in [2.24, 2.45) is 0 Å². The molecule has 5 heteroatoms. The molecule has 0 saturated heterocycles. The minimum Gasteiger partial charge on any atom is -0.426 e. The summed E-state index contributed by atoms with van der Waals surface area (Å²) >= 11 is 4.74. The van der Waals surface area contributed by atoms with Gasteiger partial charge in [0.25, 0.3) is 0 Å². The number of esters is 1. The maximum atomic E-state index is 12.1. The number of Topliss-reactive ketones (excluding diaryl/α,β-unsaturated/α-hetero) is 1. The van der Waals surface area contributed by atoms with Gasteiger partial charge in [0.05, 0.1) is 10.4 Å². The van der Waals surface area contributed by atoms with Crippen molar-refractivity contribution in [3.63, 3.8) is 0 Å². The van der Waals surface area contributed by atoms with Crippen molar-refractivity contribution in [2.75, 3.05) is 0 Å². The molecule has 0 unspecified atom stereocenters. The molecule has 0 aliphatic rings. The molecule has 0 atom stereocenters. The van der Waals surface area contributed by atoms with Crippen LogP contribution in [-0.4, -0.2) is 11.8 Å². The lowest BCUT2D eigenvalue weighted by Gasteiger charge is -2.05. The molecular formula is C15H9BrO3S. The largest absolute Gasteiger partial charge is 0.426 e. The van der Waals surface area contributed by atoms with Crippen LogP contribution in [0.25, 0.3) is 0 Å². The van der Waals surface area contributed by atoms with E-state index in [1.54, 1.807) is 18.2 Å². The zero-order valence-electron chi connectivity index (χ0n) is 10.5. The molecule has 0 bridgehead atoms. The molecule has 20 heavy (non-hydrogen) atoms. The van der Waals surface area contributed by atoms with Crippen molar-refractivity contribution < 1.29 is 14.3 Å². The van der Waals surface area contributed by atoms with E-state index in [0.717, 1.165) is 9.35 Å². The summed E-state index contributed by atoms with van der Waals surface area (Å²) in [4.78, 5) is 24.0. The Balaban J connectivity index is 2.33. The first-order chi connectivity index (χ1) is 9.56. The van der Waals surface area contributed by atoms with Crippen LogP contribution in [0.3, 0.4) is 0 Å². The van der Waals surface area contributed by atoms with Gasteiger partial charge in [-0.05, 0) is 41.5 Å². The minimum atomic E-state index is -0.479. The number of thiophene rings is 1. The molecule has 0 saturated carbocycles. The lowest BCUT2D eigenvalue weighted by Crippen LogP contribution is -2.06. The summed E-state index contributed by atoms with van der Waals surface area (Å²) in [7, 11) is 0. The Bertz CT molecular complexity index is 708. The van der Waals surface area contributed by atoms with Gasteiger partial charge in [-0.1, -0.05) is 22.0 Å². The predicted octanol–water partition coefficient (Wildman–Crippen LogP) is 3.67. The third kappa shape index (κ3) is 3.80. The van der Waals surface area contributed by atoms with Crippen LogP contribution in [-0.2, 0) is 4.79 Å². The highest BCUT2D eigenvalue weighted by atomic mass is 79.9. The van der Waals surface area contributed by atoms with Crippen LogP contribution in [0.4, 0.5) is 0 Å². The maximum Gasteiger partial charge on any atom is 0.308 e. The summed E-state index contributed by atoms with van der Waals surface area (Å²) in [6.45, 7) is 1.29. The maximum absolute atomic E-state index is 12.1. The lowest BCUT2D eigenvalue weighted by molar-refractivity contribution is -0.131. The standard InChI is InChI=1S/C15H9BrO3S/c1-10(17)19-15-7-4-11(16)9-13(15)14(18)6-5-12-3-2-8-20-12/h2-4,7-9H,1H3. The molecular weight excluding hydrogens is 340 g/mol. The van der Waals surface area contributed by atoms with Crippen LogP contribution < -0.4 is 4.74 Å². The number of halogens is 1. The van der Waals surface area contributed by atoms with E-state index >= 15 is 0 Å². The summed E-state index contributed by atoms with van der Waals surface area (Å²) in [5.74, 6) is 4.68. The number of ether oxygens (including phenoxy) is 1. The molecule has 0 aliphatic carbocycles. The Morgan fingerprint density at radius 3 is 2.75 bits per heavy atom. The molecule has 1 aromatic heterocycles. The molecule has 0 aliphatic heterocycles. The fourth-order valence-corrected chi connectivity index (χ4v) is 2.39. The van der Waals surface area contributed by atoms with Gasteiger partial charge in [-0.2, -0.15) is 0 Å². The molecule has 0 fully saturated rings. The van der Waals surface area contributed by atoms with Crippen LogP contribution in [0.1, 0.15) is 22.2 Å². The summed E-state index contributed by atoms with van der Waals surface area (Å²) < 4.78 is 5.73. The van der Waals surface area contributed by atoms with E-state index in [1.165, 1.54) is 18.3 Å². The van der Waals surface area contributed by atoms with Gasteiger partial charge in [0, 0.05) is 11.4 Å². The van der Waals surface area contributed by atoms with Crippen LogP contribution >= 0.6 is 27.3 Å². The molecule has 3 nitrogen and oxygen atoms in total. The molecule has 0 N–H and O–H groups in total. The smallest absolute Gasteiger partial charge is 0.308 e. The van der Waals surface area contributed by atoms with Crippen molar-refractivity contribution in [2.45, 2.75) is 6.92 Å². The van der Waals surface area contributed by atoms with E-state index in [9.17, 15) is 9.59 Å². The number of hydrogen-bond donors (Lipinski definition) is 0. The van der Waals surface area contributed by atoms with E-state index in [-0.39, 0.29) is 11.3 Å². The predicted molar refractivity (Wildman–Crippen MR) is 81.0 cm³/mol. The molecule has 2 aromatic rings. The van der Waals surface area contributed by atoms with Gasteiger partial charge < -0.3 is 4.74 Å². The fourth-order valence-electron chi connectivity index (χ4n) is 1.46. The Labute approximate surface area is 128 Å². The van der Waals surface area contributed by atoms with E-state index in [0.29, 0.717) is 0 Å². The number of ketones is 1. The van der Waals surface area contributed by atoms with Crippen molar-refractivity contribution in [3.05, 3.63) is 50.6 Å². The first-order valence-corrected chi connectivity index (χ1v) is 7.31. The van der Waals surface area contributed by atoms with E-state index in [2.05, 4.69) is 27.8 Å². The summed E-state index contributed by atoms with van der Waals surface area (Å²) in [5, 5.41) is 1.89. The Hall–Kier alpha value is -1.90. The first-order valence-electron chi connectivity index (χ1n) is 5.64. The van der Waals surface area contributed by atoms with Gasteiger partial charge in [0.2, 0.25) is 5.78 Å².